The topological polar surface area (TPSA) is 13.1 Å². The van der Waals surface area contributed by atoms with Crippen LogP contribution in [-0.2, 0) is 5.41 Å². The summed E-state index contributed by atoms with van der Waals surface area (Å²) in [6.07, 6.45) is 0. The van der Waals surface area contributed by atoms with Crippen molar-refractivity contribution in [2.45, 2.75) is 5.41 Å². The average Bonchev–Trinajstić information content (AvgIpc) is 4.18. The van der Waals surface area contributed by atoms with Gasteiger partial charge in [-0.1, -0.05) is 212 Å². The Kier molecular flexibility index (Phi) is 9.25. The van der Waals surface area contributed by atoms with E-state index in [1.807, 2.05) is 0 Å². The highest BCUT2D eigenvalue weighted by molar-refractivity contribution is 6.14. The van der Waals surface area contributed by atoms with Crippen molar-refractivity contribution in [3.63, 3.8) is 0 Å². The number of hydrogen-bond acceptors (Lipinski definition) is 1. The molecule has 3 heteroatoms. The molecule has 14 aromatic rings. The van der Waals surface area contributed by atoms with Crippen LogP contribution in [0.4, 0.5) is 17.1 Å². The predicted octanol–water partition coefficient (Wildman–Crippen LogP) is 19.0. The van der Waals surface area contributed by atoms with E-state index in [-0.39, 0.29) is 0 Å². The fourth-order valence-electron chi connectivity index (χ4n) is 13.4. The van der Waals surface area contributed by atoms with Gasteiger partial charge in [0.2, 0.25) is 0 Å². The zero-order chi connectivity index (χ0) is 49.9. The molecule has 0 N–H and O–H groups in total. The number of rotatable bonds is 7. The third-order valence-electron chi connectivity index (χ3n) is 16.5. The minimum absolute atomic E-state index is 0.593. The van der Waals surface area contributed by atoms with Crippen molar-refractivity contribution >= 4 is 60.7 Å². The van der Waals surface area contributed by atoms with Crippen LogP contribution in [0.2, 0.25) is 0 Å². The number of aromatic nitrogens is 2. The lowest BCUT2D eigenvalue weighted by Gasteiger charge is -2.39. The Bertz CT molecular complexity index is 4640. The molecule has 1 aliphatic heterocycles. The molecule has 76 heavy (non-hydrogen) atoms. The minimum atomic E-state index is -0.593. The summed E-state index contributed by atoms with van der Waals surface area (Å²) in [6.45, 7) is 0. The van der Waals surface area contributed by atoms with Crippen LogP contribution >= 0.6 is 0 Å². The molecule has 0 bridgehead atoms. The summed E-state index contributed by atoms with van der Waals surface area (Å²) in [5.41, 5.74) is 24.7. The zero-order valence-electron chi connectivity index (χ0n) is 41.5. The van der Waals surface area contributed by atoms with E-state index in [1.165, 1.54) is 99.4 Å². The van der Waals surface area contributed by atoms with E-state index in [1.54, 1.807) is 0 Å². The molecule has 3 heterocycles. The van der Waals surface area contributed by atoms with Gasteiger partial charge in [-0.05, 0) is 128 Å². The SMILES string of the molecule is c1ccc(-c2cccc(-c3ccccc3N(c3ccc(-c4ccc5c(c4)c4ccccc4n5-c4ccccc4)cc3)c3cccc4c3-c3ccccc3C43c4ccccc4-n4c5ccccc5c5cccc3c54)c2)cc1. The fourth-order valence-corrected chi connectivity index (χ4v) is 13.4. The van der Waals surface area contributed by atoms with Gasteiger partial charge in [-0.2, -0.15) is 0 Å². The van der Waals surface area contributed by atoms with Crippen molar-refractivity contribution in [1.29, 1.82) is 0 Å². The summed E-state index contributed by atoms with van der Waals surface area (Å²) in [6, 6.07) is 106. The lowest BCUT2D eigenvalue weighted by molar-refractivity contribution is 0.748. The molecule has 0 radical (unpaired) electrons. The summed E-state index contributed by atoms with van der Waals surface area (Å²) in [7, 11) is 0. The van der Waals surface area contributed by atoms with Crippen LogP contribution in [0.1, 0.15) is 22.3 Å². The lowest BCUT2D eigenvalue weighted by atomic mass is 9.65. The Morgan fingerprint density at radius 2 is 0.816 bits per heavy atom. The molecule has 2 aliphatic rings. The zero-order valence-corrected chi connectivity index (χ0v) is 41.5. The first kappa shape index (κ1) is 42.5. The number of benzene rings is 12. The lowest BCUT2D eigenvalue weighted by Crippen LogP contribution is -2.33. The maximum Gasteiger partial charge on any atom is 0.0755 e. The quantitative estimate of drug-likeness (QED) is 0.155. The number of anilines is 3. The Hall–Kier alpha value is -9.96. The summed E-state index contributed by atoms with van der Waals surface area (Å²) >= 11 is 0. The molecule has 1 atom stereocenters. The van der Waals surface area contributed by atoms with Crippen LogP contribution in [0, 0.1) is 0 Å². The molecular weight excluding hydrogens is 919 g/mol. The van der Waals surface area contributed by atoms with Crippen LogP contribution in [0.3, 0.4) is 0 Å². The number of hydrogen-bond donors (Lipinski definition) is 0. The Labute approximate surface area is 441 Å². The first-order valence-corrected chi connectivity index (χ1v) is 26.3. The van der Waals surface area contributed by atoms with Gasteiger partial charge in [0.05, 0.1) is 44.5 Å². The number of para-hydroxylation sites is 6. The van der Waals surface area contributed by atoms with Gasteiger partial charge in [0.1, 0.15) is 0 Å². The first-order chi connectivity index (χ1) is 37.7. The smallest absolute Gasteiger partial charge is 0.0755 e. The Balaban J connectivity index is 0.929. The maximum atomic E-state index is 2.53. The van der Waals surface area contributed by atoms with Crippen molar-refractivity contribution in [2.75, 3.05) is 4.90 Å². The standard InChI is InChI=1S/C73H47N3/c1-3-20-48(21-4-1)50-22-17-23-52(46-50)55-26-8-13-35-65(55)75(54-43-40-49(41-44-54)51-42-45-68-60(47-51)57-28-10-14-36-66(57)74(68)53-24-5-2-6-25-53)70-39-19-33-63-71(70)59-29-7-11-31-61(59)73(63)62-32-12-16-38-69(62)76-67-37-15-9-27-56(67)58-30-18-34-64(73)72(58)76/h1-47H. The molecule has 1 aliphatic carbocycles. The second-order valence-corrected chi connectivity index (χ2v) is 20.3. The summed E-state index contributed by atoms with van der Waals surface area (Å²) < 4.78 is 4.91. The minimum Gasteiger partial charge on any atom is -0.309 e. The van der Waals surface area contributed by atoms with Gasteiger partial charge in [-0.25, -0.2) is 0 Å². The number of nitrogens with zero attached hydrogens (tertiary/aromatic N) is 3. The fraction of sp³-hybridized carbons (Fsp3) is 0.0137. The normalized spacial score (nSPS) is 14.1. The van der Waals surface area contributed by atoms with Crippen LogP contribution in [0.5, 0.6) is 0 Å². The molecule has 1 spiro atoms. The first-order valence-electron chi connectivity index (χ1n) is 26.3. The second-order valence-electron chi connectivity index (χ2n) is 20.3. The van der Waals surface area contributed by atoms with Gasteiger partial charge in [-0.15, -0.1) is 0 Å². The highest BCUT2D eigenvalue weighted by atomic mass is 15.1. The monoisotopic (exact) mass is 965 g/mol. The highest BCUT2D eigenvalue weighted by Gasteiger charge is 2.51. The van der Waals surface area contributed by atoms with Crippen LogP contribution in [-0.4, -0.2) is 9.13 Å². The summed E-state index contributed by atoms with van der Waals surface area (Å²) in [4.78, 5) is 2.53. The summed E-state index contributed by atoms with van der Waals surface area (Å²) in [5.74, 6) is 0. The van der Waals surface area contributed by atoms with E-state index >= 15 is 0 Å². The van der Waals surface area contributed by atoms with Gasteiger partial charge >= 0.3 is 0 Å². The maximum absolute atomic E-state index is 2.53. The van der Waals surface area contributed by atoms with Gasteiger partial charge in [0.25, 0.3) is 0 Å². The van der Waals surface area contributed by atoms with Crippen LogP contribution < -0.4 is 4.90 Å². The molecule has 0 saturated heterocycles. The van der Waals surface area contributed by atoms with E-state index in [9.17, 15) is 0 Å². The Morgan fingerprint density at radius 3 is 1.64 bits per heavy atom. The van der Waals surface area contributed by atoms with Gasteiger partial charge < -0.3 is 14.0 Å². The molecular formula is C73H47N3. The van der Waals surface area contributed by atoms with Crippen molar-refractivity contribution in [1.82, 2.24) is 9.13 Å². The second kappa shape index (κ2) is 16.5. The molecule has 0 amide bonds. The van der Waals surface area contributed by atoms with Gasteiger partial charge in [0.15, 0.2) is 0 Å². The van der Waals surface area contributed by atoms with Crippen molar-refractivity contribution in [2.24, 2.45) is 0 Å². The molecule has 0 fully saturated rings. The molecule has 2 aromatic heterocycles. The van der Waals surface area contributed by atoms with Crippen molar-refractivity contribution in [3.05, 3.63) is 307 Å². The van der Waals surface area contributed by atoms with Crippen LogP contribution in [0.15, 0.2) is 285 Å². The number of fused-ring (bicyclic) bond motifs is 15. The van der Waals surface area contributed by atoms with E-state index in [2.05, 4.69) is 299 Å². The van der Waals surface area contributed by atoms with Crippen LogP contribution in [0.25, 0.3) is 99.5 Å². The van der Waals surface area contributed by atoms with E-state index in [0.717, 1.165) is 39.4 Å². The van der Waals surface area contributed by atoms with E-state index < -0.39 is 5.41 Å². The molecule has 1 unspecified atom stereocenters. The van der Waals surface area contributed by atoms with E-state index in [0.29, 0.717) is 0 Å². The van der Waals surface area contributed by atoms with Crippen molar-refractivity contribution in [3.8, 4) is 55.9 Å². The van der Waals surface area contributed by atoms with E-state index in [4.69, 9.17) is 0 Å². The molecule has 3 nitrogen and oxygen atoms in total. The molecule has 0 saturated carbocycles. The molecule has 16 rings (SSSR count). The third-order valence-corrected chi connectivity index (χ3v) is 16.5. The molecule has 12 aromatic carbocycles. The molecule has 354 valence electrons. The Morgan fingerprint density at radius 1 is 0.289 bits per heavy atom. The summed E-state index contributed by atoms with van der Waals surface area (Å²) in [5, 5.41) is 5.03. The van der Waals surface area contributed by atoms with Crippen molar-refractivity contribution < 1.29 is 0 Å². The average molecular weight is 966 g/mol. The third kappa shape index (κ3) is 5.99. The highest BCUT2D eigenvalue weighted by Crippen LogP contribution is 2.63. The predicted molar refractivity (Wildman–Crippen MR) is 317 cm³/mol. The van der Waals surface area contributed by atoms with Gasteiger partial charge in [0, 0.05) is 44.0 Å². The van der Waals surface area contributed by atoms with Gasteiger partial charge in [-0.3, -0.25) is 0 Å². The largest absolute Gasteiger partial charge is 0.309 e.